The zero-order chi connectivity index (χ0) is 8.97. The molecule has 0 aromatic heterocycles. The first kappa shape index (κ1) is 9.57. The van der Waals surface area contributed by atoms with Gasteiger partial charge >= 0.3 is 0 Å². The summed E-state index contributed by atoms with van der Waals surface area (Å²) in [5, 5.41) is 0. The summed E-state index contributed by atoms with van der Waals surface area (Å²) in [5.41, 5.74) is 0. The lowest BCUT2D eigenvalue weighted by molar-refractivity contribution is 0.228. The van der Waals surface area contributed by atoms with Crippen LogP contribution in [0, 0.1) is 12.3 Å². The largest absolute Gasteiger partial charge is 0.308 e. The van der Waals surface area contributed by atoms with Crippen molar-refractivity contribution in [2.45, 2.75) is 18.9 Å². The summed E-state index contributed by atoms with van der Waals surface area (Å²) in [6, 6.07) is 0.691. The van der Waals surface area contributed by atoms with Crippen LogP contribution in [0.25, 0.3) is 0 Å². The van der Waals surface area contributed by atoms with Crippen LogP contribution in [0.3, 0.4) is 0 Å². The molecular weight excluding hydrogens is 148 g/mol. The van der Waals surface area contributed by atoms with E-state index in [9.17, 15) is 0 Å². The van der Waals surface area contributed by atoms with Gasteiger partial charge in [0.1, 0.15) is 0 Å². The molecule has 2 heteroatoms. The lowest BCUT2D eigenvalue weighted by atomic mass is 10.2. The van der Waals surface area contributed by atoms with Crippen molar-refractivity contribution in [2.75, 3.05) is 33.7 Å². The van der Waals surface area contributed by atoms with E-state index in [4.69, 9.17) is 6.42 Å². The van der Waals surface area contributed by atoms with E-state index in [0.717, 1.165) is 13.1 Å². The van der Waals surface area contributed by atoms with Gasteiger partial charge in [-0.3, -0.25) is 4.90 Å². The lowest BCUT2D eigenvalue weighted by Gasteiger charge is -2.24. The third-order valence-corrected chi connectivity index (χ3v) is 2.37. The van der Waals surface area contributed by atoms with Crippen molar-refractivity contribution in [1.29, 1.82) is 0 Å². The van der Waals surface area contributed by atoms with Gasteiger partial charge in [0.05, 0.1) is 6.54 Å². The van der Waals surface area contributed by atoms with Crippen LogP contribution in [0.1, 0.15) is 12.8 Å². The van der Waals surface area contributed by atoms with Crippen LogP contribution in [-0.4, -0.2) is 49.6 Å². The average molecular weight is 166 g/mol. The minimum atomic E-state index is 0.691. The molecule has 0 saturated carbocycles. The normalized spacial score (nSPS) is 24.7. The van der Waals surface area contributed by atoms with Crippen molar-refractivity contribution in [3.8, 4) is 12.3 Å². The number of likely N-dealkylation sites (N-methyl/N-ethyl adjacent to an activating group) is 1. The van der Waals surface area contributed by atoms with Crippen molar-refractivity contribution in [3.63, 3.8) is 0 Å². The molecule has 0 aliphatic carbocycles. The summed E-state index contributed by atoms with van der Waals surface area (Å²) < 4.78 is 0. The second kappa shape index (κ2) is 4.49. The highest BCUT2D eigenvalue weighted by molar-refractivity contribution is 4.93. The van der Waals surface area contributed by atoms with Gasteiger partial charge in [-0.05, 0) is 33.5 Å². The number of terminal acetylenes is 1. The molecule has 2 nitrogen and oxygen atoms in total. The first-order chi connectivity index (χ1) is 5.74. The summed E-state index contributed by atoms with van der Waals surface area (Å²) in [5.74, 6) is 2.72. The highest BCUT2D eigenvalue weighted by atomic mass is 15.2. The molecule has 0 amide bonds. The third-order valence-electron chi connectivity index (χ3n) is 2.37. The fourth-order valence-corrected chi connectivity index (χ4v) is 1.85. The molecule has 0 radical (unpaired) electrons. The molecule has 1 atom stereocenters. The highest BCUT2D eigenvalue weighted by Crippen LogP contribution is 2.16. The number of likely N-dealkylation sites (tertiary alicyclic amines) is 1. The van der Waals surface area contributed by atoms with E-state index in [-0.39, 0.29) is 0 Å². The summed E-state index contributed by atoms with van der Waals surface area (Å²) >= 11 is 0. The SMILES string of the molecule is C#CCN1CCCC1CN(C)C. The monoisotopic (exact) mass is 166 g/mol. The molecule has 1 rings (SSSR count). The number of rotatable bonds is 3. The van der Waals surface area contributed by atoms with Crippen molar-refractivity contribution in [3.05, 3.63) is 0 Å². The van der Waals surface area contributed by atoms with E-state index in [1.807, 2.05) is 0 Å². The van der Waals surface area contributed by atoms with Crippen molar-refractivity contribution in [2.24, 2.45) is 0 Å². The van der Waals surface area contributed by atoms with Crippen molar-refractivity contribution < 1.29 is 0 Å². The molecule has 0 bridgehead atoms. The molecular formula is C10H18N2. The molecule has 1 aliphatic heterocycles. The molecule has 68 valence electrons. The van der Waals surface area contributed by atoms with Gasteiger partial charge in [0.15, 0.2) is 0 Å². The van der Waals surface area contributed by atoms with Gasteiger partial charge in [0.2, 0.25) is 0 Å². The molecule has 1 fully saturated rings. The van der Waals surface area contributed by atoms with E-state index in [1.54, 1.807) is 0 Å². The summed E-state index contributed by atoms with van der Waals surface area (Å²) in [4.78, 5) is 4.64. The highest BCUT2D eigenvalue weighted by Gasteiger charge is 2.23. The predicted molar refractivity (Wildman–Crippen MR) is 52.0 cm³/mol. The zero-order valence-corrected chi connectivity index (χ0v) is 8.08. The Morgan fingerprint density at radius 2 is 2.33 bits per heavy atom. The van der Waals surface area contributed by atoms with E-state index in [2.05, 4.69) is 29.8 Å². The quantitative estimate of drug-likeness (QED) is 0.568. The smallest absolute Gasteiger partial charge is 0.0601 e. The van der Waals surface area contributed by atoms with Crippen molar-refractivity contribution in [1.82, 2.24) is 9.80 Å². The Labute approximate surface area is 75.5 Å². The Kier molecular flexibility index (Phi) is 3.58. The summed E-state index contributed by atoms with van der Waals surface area (Å²) in [7, 11) is 4.23. The van der Waals surface area contributed by atoms with Gasteiger partial charge in [-0.25, -0.2) is 0 Å². The Hall–Kier alpha value is -0.520. The van der Waals surface area contributed by atoms with Crippen LogP contribution >= 0.6 is 0 Å². The molecule has 1 unspecified atom stereocenters. The summed E-state index contributed by atoms with van der Waals surface area (Å²) in [6.45, 7) is 3.14. The predicted octanol–water partition coefficient (Wildman–Crippen LogP) is 0.646. The van der Waals surface area contributed by atoms with Crippen LogP contribution in [0.15, 0.2) is 0 Å². The van der Waals surface area contributed by atoms with Crippen molar-refractivity contribution >= 4 is 0 Å². The Bertz CT molecular complexity index is 169. The molecule has 1 saturated heterocycles. The Morgan fingerprint density at radius 1 is 1.58 bits per heavy atom. The third kappa shape index (κ3) is 2.51. The molecule has 0 aromatic carbocycles. The van der Waals surface area contributed by atoms with Crippen LogP contribution in [-0.2, 0) is 0 Å². The van der Waals surface area contributed by atoms with Crippen LogP contribution in [0.4, 0.5) is 0 Å². The first-order valence-electron chi connectivity index (χ1n) is 4.56. The number of nitrogens with zero attached hydrogens (tertiary/aromatic N) is 2. The molecule has 12 heavy (non-hydrogen) atoms. The van der Waals surface area contributed by atoms with Crippen LogP contribution in [0.5, 0.6) is 0 Å². The Morgan fingerprint density at radius 3 is 2.92 bits per heavy atom. The fourth-order valence-electron chi connectivity index (χ4n) is 1.85. The second-order valence-corrected chi connectivity index (χ2v) is 3.73. The molecule has 1 aliphatic rings. The van der Waals surface area contributed by atoms with E-state index < -0.39 is 0 Å². The molecule has 0 N–H and O–H groups in total. The summed E-state index contributed by atoms with van der Waals surface area (Å²) in [6.07, 6.45) is 7.91. The standard InChI is InChI=1S/C10H18N2/c1-4-7-12-8-5-6-10(12)9-11(2)3/h1,10H,5-9H2,2-3H3. The van der Waals surface area contributed by atoms with E-state index in [0.29, 0.717) is 6.04 Å². The maximum Gasteiger partial charge on any atom is 0.0601 e. The Balaban J connectivity index is 2.36. The molecule has 0 spiro atoms. The lowest BCUT2D eigenvalue weighted by Crippen LogP contribution is -2.37. The molecule has 0 aromatic rings. The van der Waals surface area contributed by atoms with E-state index >= 15 is 0 Å². The van der Waals surface area contributed by atoms with Gasteiger partial charge in [-0.1, -0.05) is 5.92 Å². The maximum absolute atomic E-state index is 5.30. The van der Waals surface area contributed by atoms with Gasteiger partial charge in [0, 0.05) is 12.6 Å². The topological polar surface area (TPSA) is 6.48 Å². The molecule has 1 heterocycles. The minimum Gasteiger partial charge on any atom is -0.308 e. The van der Waals surface area contributed by atoms with Gasteiger partial charge in [0.25, 0.3) is 0 Å². The average Bonchev–Trinajstić information content (AvgIpc) is 2.37. The fraction of sp³-hybridized carbons (Fsp3) is 0.800. The maximum atomic E-state index is 5.30. The second-order valence-electron chi connectivity index (χ2n) is 3.73. The van der Waals surface area contributed by atoms with Crippen LogP contribution in [0.2, 0.25) is 0 Å². The van der Waals surface area contributed by atoms with Crippen LogP contribution < -0.4 is 0 Å². The van der Waals surface area contributed by atoms with Gasteiger partial charge in [-0.15, -0.1) is 6.42 Å². The van der Waals surface area contributed by atoms with Gasteiger partial charge < -0.3 is 4.90 Å². The van der Waals surface area contributed by atoms with E-state index in [1.165, 1.54) is 19.4 Å². The van der Waals surface area contributed by atoms with Gasteiger partial charge in [-0.2, -0.15) is 0 Å². The first-order valence-corrected chi connectivity index (χ1v) is 4.56. The number of hydrogen-bond donors (Lipinski definition) is 0. The zero-order valence-electron chi connectivity index (χ0n) is 8.08. The minimum absolute atomic E-state index is 0.691. The number of hydrogen-bond acceptors (Lipinski definition) is 2.